The molecule has 2 atom stereocenters. The van der Waals surface area contributed by atoms with Crippen LogP contribution < -0.4 is 0 Å². The predicted molar refractivity (Wildman–Crippen MR) is 152 cm³/mol. The average molecular weight is 651 g/mol. The molecule has 0 aliphatic carbocycles. The zero-order chi connectivity index (χ0) is 33.3. The van der Waals surface area contributed by atoms with E-state index in [4.69, 9.17) is 23.8 Å². The number of hydrogen-bond acceptors (Lipinski definition) is 14. The first-order valence-electron chi connectivity index (χ1n) is 14.8. The summed E-state index contributed by atoms with van der Waals surface area (Å²) < 4.78 is 21.9. The van der Waals surface area contributed by atoms with E-state index in [1.165, 1.54) is 29.2 Å². The number of carbonyl (C=O) groups is 7. The van der Waals surface area contributed by atoms with Crippen LogP contribution in [0.3, 0.4) is 0 Å². The molecule has 2 unspecified atom stereocenters. The number of piperazine rings is 1. The monoisotopic (exact) mass is 650 g/mol. The molecular weight excluding hydrogens is 620 g/mol. The Balaban J connectivity index is 1.54. The van der Waals surface area contributed by atoms with Crippen LogP contribution in [0, 0.1) is 0 Å². The van der Waals surface area contributed by atoms with E-state index in [-0.39, 0.29) is 29.1 Å². The van der Waals surface area contributed by atoms with Gasteiger partial charge in [-0.05, 0) is 18.2 Å². The van der Waals surface area contributed by atoms with Gasteiger partial charge in [0.25, 0.3) is 12.1 Å². The van der Waals surface area contributed by atoms with Gasteiger partial charge in [0.15, 0.2) is 0 Å². The Bertz CT molecular complexity index is 1560. The lowest BCUT2D eigenvalue weighted by Crippen LogP contribution is -2.63. The molecule has 0 N–H and O–H groups in total. The van der Waals surface area contributed by atoms with Gasteiger partial charge in [-0.3, -0.25) is 24.1 Å². The summed E-state index contributed by atoms with van der Waals surface area (Å²) in [5.74, 6) is -7.19. The SMILES string of the molecule is CN1CCN(C2OC(=O)CCC(=O)OC3(OC(=O)CCC(=O)ON4C(=O)N3C(=O)C4(c3ccccc3)c3ccccc3)OC2=O)CC1. The molecule has 4 fully saturated rings. The van der Waals surface area contributed by atoms with Crippen LogP contribution in [0.25, 0.3) is 0 Å². The molecule has 2 aromatic rings. The fraction of sp³-hybridized carbons (Fsp3) is 0.387. The number of amides is 3. The molecule has 0 aromatic heterocycles. The maximum atomic E-state index is 15.0. The van der Waals surface area contributed by atoms with E-state index in [0.717, 1.165) is 0 Å². The number of benzene rings is 2. The van der Waals surface area contributed by atoms with Crippen molar-refractivity contribution in [3.63, 3.8) is 0 Å². The smallest absolute Gasteiger partial charge is 0.435 e. The van der Waals surface area contributed by atoms with Crippen molar-refractivity contribution in [1.82, 2.24) is 19.8 Å². The third kappa shape index (κ3) is 5.65. The fourth-order valence-electron chi connectivity index (χ4n) is 5.76. The van der Waals surface area contributed by atoms with Crippen molar-refractivity contribution in [1.29, 1.82) is 0 Å². The number of likely N-dealkylation sites (N-methyl/N-ethyl adjacent to an activating group) is 1. The second kappa shape index (κ2) is 12.4. The molecule has 1 spiro atoms. The first-order valence-corrected chi connectivity index (χ1v) is 14.8. The summed E-state index contributed by atoms with van der Waals surface area (Å²) in [7, 11) is 1.86. The Kier molecular flexibility index (Phi) is 8.38. The number of hydroxylamine groups is 2. The molecule has 0 radical (unpaired) electrons. The maximum absolute atomic E-state index is 15.0. The Hall–Kier alpha value is -5.35. The molecule has 2 aromatic carbocycles. The van der Waals surface area contributed by atoms with Gasteiger partial charge in [-0.2, -0.15) is 0 Å². The normalized spacial score (nSPS) is 26.2. The van der Waals surface area contributed by atoms with Crippen molar-refractivity contribution in [3.05, 3.63) is 71.8 Å². The summed E-state index contributed by atoms with van der Waals surface area (Å²) in [5.41, 5.74) is -2.03. The Morgan fingerprint density at radius 3 is 1.70 bits per heavy atom. The van der Waals surface area contributed by atoms with Crippen LogP contribution in [0.15, 0.2) is 60.7 Å². The van der Waals surface area contributed by atoms with Crippen LogP contribution in [0.1, 0.15) is 36.8 Å². The molecule has 4 saturated heterocycles. The standard InChI is InChI=1S/C31H30N4O12/c1-32-16-18-33(19-17-32)26-27(40)46-31(44-23(37)13-12-22(36)43-26)34-28(41)30(20-8-4-2-5-9-20,21-10-6-3-7-11-21)35(29(34)42)47-25(39)15-14-24(38)45-31/h2-11,26H,12-19H2,1H3. The molecule has 0 saturated carbocycles. The maximum Gasteiger partial charge on any atom is 0.537 e. The van der Waals surface area contributed by atoms with E-state index in [1.54, 1.807) is 36.4 Å². The van der Waals surface area contributed by atoms with E-state index >= 15 is 0 Å². The number of ether oxygens (including phenoxy) is 4. The van der Waals surface area contributed by atoms with Crippen LogP contribution in [0.2, 0.25) is 0 Å². The number of nitrogens with zero attached hydrogens (tertiary/aromatic N) is 4. The van der Waals surface area contributed by atoms with Crippen LogP contribution in [0.4, 0.5) is 4.79 Å². The summed E-state index contributed by atoms with van der Waals surface area (Å²) in [6.45, 7) is 1.45. The largest absolute Gasteiger partial charge is 0.537 e. The summed E-state index contributed by atoms with van der Waals surface area (Å²) in [5, 5.41) is 0.488. The van der Waals surface area contributed by atoms with Gasteiger partial charge in [-0.25, -0.2) is 14.4 Å². The fourth-order valence-corrected chi connectivity index (χ4v) is 5.76. The third-order valence-corrected chi connectivity index (χ3v) is 8.13. The summed E-state index contributed by atoms with van der Waals surface area (Å²) in [4.78, 5) is 104. The highest BCUT2D eigenvalue weighted by atomic mass is 16.9. The van der Waals surface area contributed by atoms with E-state index in [0.29, 0.717) is 18.2 Å². The van der Waals surface area contributed by atoms with Crippen molar-refractivity contribution in [2.75, 3.05) is 33.2 Å². The van der Waals surface area contributed by atoms with Gasteiger partial charge < -0.3 is 28.7 Å². The summed E-state index contributed by atoms with van der Waals surface area (Å²) >= 11 is 0. The molecule has 4 aliphatic heterocycles. The van der Waals surface area contributed by atoms with Gasteiger partial charge in [-0.15, -0.1) is 9.96 Å². The lowest BCUT2D eigenvalue weighted by Gasteiger charge is -2.39. The molecule has 246 valence electrons. The predicted octanol–water partition coefficient (Wildman–Crippen LogP) is 0.598. The minimum Gasteiger partial charge on any atom is -0.435 e. The highest BCUT2D eigenvalue weighted by Crippen LogP contribution is 2.47. The van der Waals surface area contributed by atoms with Gasteiger partial charge in [0.1, 0.15) is 0 Å². The van der Waals surface area contributed by atoms with E-state index < -0.39 is 85.3 Å². The molecule has 47 heavy (non-hydrogen) atoms. The first-order chi connectivity index (χ1) is 22.5. The number of rotatable bonds is 3. The molecule has 4 aliphatic rings. The molecular formula is C31H30N4O12. The van der Waals surface area contributed by atoms with Crippen molar-refractivity contribution >= 4 is 41.8 Å². The summed E-state index contributed by atoms with van der Waals surface area (Å²) in [6.07, 6.45) is -7.72. The van der Waals surface area contributed by atoms with Crippen LogP contribution in [-0.4, -0.2) is 107 Å². The number of cyclic esters (lactones) is 1. The van der Waals surface area contributed by atoms with Gasteiger partial charge in [0.05, 0.1) is 25.7 Å². The minimum absolute atomic E-state index is 0.127. The number of fused-ring (bicyclic) bond motifs is 3. The molecule has 3 amide bonds. The van der Waals surface area contributed by atoms with Crippen LogP contribution in [-0.2, 0) is 58.1 Å². The van der Waals surface area contributed by atoms with E-state index in [2.05, 4.69) is 0 Å². The topological polar surface area (TPSA) is 179 Å². The van der Waals surface area contributed by atoms with E-state index in [1.807, 2.05) is 11.9 Å². The third-order valence-electron chi connectivity index (χ3n) is 8.13. The average Bonchev–Trinajstić information content (AvgIpc) is 3.27. The second-order valence-corrected chi connectivity index (χ2v) is 11.2. The molecule has 16 nitrogen and oxygen atoms in total. The Morgan fingerprint density at radius 2 is 1.15 bits per heavy atom. The second-order valence-electron chi connectivity index (χ2n) is 11.2. The number of carbonyl (C=O) groups excluding carboxylic acids is 7. The first kappa shape index (κ1) is 31.6. The van der Waals surface area contributed by atoms with Crippen molar-refractivity contribution in [2.45, 2.75) is 43.5 Å². The zero-order valence-electron chi connectivity index (χ0n) is 25.2. The number of urea groups is 1. The van der Waals surface area contributed by atoms with Crippen molar-refractivity contribution in [2.24, 2.45) is 0 Å². The Labute approximate surface area is 267 Å². The molecule has 16 heteroatoms. The highest BCUT2D eigenvalue weighted by Gasteiger charge is 2.72. The van der Waals surface area contributed by atoms with Crippen LogP contribution >= 0.6 is 0 Å². The molecule has 2 bridgehead atoms. The lowest BCUT2D eigenvalue weighted by molar-refractivity contribution is -0.378. The molecule has 6 rings (SSSR count). The Morgan fingerprint density at radius 1 is 0.638 bits per heavy atom. The number of esters is 4. The van der Waals surface area contributed by atoms with Crippen molar-refractivity contribution < 1.29 is 57.3 Å². The van der Waals surface area contributed by atoms with Gasteiger partial charge in [-0.1, -0.05) is 60.7 Å². The lowest BCUT2D eigenvalue weighted by atomic mass is 9.82. The van der Waals surface area contributed by atoms with Crippen molar-refractivity contribution in [3.8, 4) is 0 Å². The highest BCUT2D eigenvalue weighted by molar-refractivity contribution is 6.10. The van der Waals surface area contributed by atoms with Gasteiger partial charge in [0.2, 0.25) is 5.54 Å². The quantitative estimate of drug-likeness (QED) is 0.333. The zero-order valence-corrected chi connectivity index (χ0v) is 25.2. The van der Waals surface area contributed by atoms with Crippen LogP contribution in [0.5, 0.6) is 0 Å². The van der Waals surface area contributed by atoms with Gasteiger partial charge >= 0.3 is 42.0 Å². The summed E-state index contributed by atoms with van der Waals surface area (Å²) in [6, 6.07) is 14.1. The molecule has 4 heterocycles. The van der Waals surface area contributed by atoms with Gasteiger partial charge in [0, 0.05) is 26.2 Å². The number of hydrogen-bond donors (Lipinski definition) is 0. The number of imide groups is 1. The van der Waals surface area contributed by atoms with E-state index in [9.17, 15) is 33.6 Å². The minimum atomic E-state index is -3.47.